The zero-order chi connectivity index (χ0) is 15.8. The molecule has 0 spiro atoms. The van der Waals surface area contributed by atoms with Crippen molar-refractivity contribution in [1.29, 1.82) is 0 Å². The number of rotatable bonds is 6. The lowest BCUT2D eigenvalue weighted by molar-refractivity contribution is -0.116. The van der Waals surface area contributed by atoms with Crippen molar-refractivity contribution in [3.8, 4) is 0 Å². The Morgan fingerprint density at radius 1 is 1.36 bits per heavy atom. The Balaban J connectivity index is 1.71. The van der Waals surface area contributed by atoms with Crippen LogP contribution in [-0.4, -0.2) is 37.0 Å². The van der Waals surface area contributed by atoms with E-state index in [1.807, 2.05) is 0 Å². The van der Waals surface area contributed by atoms with Crippen molar-refractivity contribution in [3.05, 3.63) is 41.7 Å². The number of amides is 1. The normalized spacial score (nSPS) is 17.0. The van der Waals surface area contributed by atoms with Gasteiger partial charge in [0.2, 0.25) is 5.91 Å². The molecule has 0 atom stereocenters. The van der Waals surface area contributed by atoms with E-state index in [2.05, 4.69) is 17.1 Å². The molecule has 3 nitrogen and oxygen atoms in total. The van der Waals surface area contributed by atoms with Crippen LogP contribution in [0.1, 0.15) is 31.7 Å². The molecule has 2 rings (SSSR count). The Morgan fingerprint density at radius 3 is 2.77 bits per heavy atom. The predicted octanol–water partition coefficient (Wildman–Crippen LogP) is 3.08. The lowest BCUT2D eigenvalue weighted by Crippen LogP contribution is -2.38. The number of carbonyl (C=O) groups is 1. The van der Waals surface area contributed by atoms with Gasteiger partial charge in [-0.1, -0.05) is 25.1 Å². The van der Waals surface area contributed by atoms with E-state index in [0.29, 0.717) is 18.0 Å². The van der Waals surface area contributed by atoms with E-state index in [1.54, 1.807) is 18.2 Å². The SMILES string of the molecule is CCCN1CCC(CNC(=O)/C=C/c2ccccc2F)CC1. The average Bonchev–Trinajstić information content (AvgIpc) is 2.54. The van der Waals surface area contributed by atoms with Gasteiger partial charge in [0, 0.05) is 18.2 Å². The van der Waals surface area contributed by atoms with Gasteiger partial charge in [0.1, 0.15) is 5.82 Å². The second-order valence-corrected chi connectivity index (χ2v) is 5.89. The summed E-state index contributed by atoms with van der Waals surface area (Å²) in [6.45, 7) is 6.33. The molecule has 1 aliphatic heterocycles. The van der Waals surface area contributed by atoms with Crippen LogP contribution in [0.15, 0.2) is 30.3 Å². The van der Waals surface area contributed by atoms with Crippen molar-refractivity contribution in [2.45, 2.75) is 26.2 Å². The van der Waals surface area contributed by atoms with Crippen LogP contribution >= 0.6 is 0 Å². The number of nitrogens with one attached hydrogen (secondary N) is 1. The Labute approximate surface area is 132 Å². The van der Waals surface area contributed by atoms with Crippen molar-refractivity contribution >= 4 is 12.0 Å². The van der Waals surface area contributed by atoms with Crippen molar-refractivity contribution in [2.75, 3.05) is 26.2 Å². The van der Waals surface area contributed by atoms with E-state index < -0.39 is 0 Å². The molecule has 1 N–H and O–H groups in total. The maximum absolute atomic E-state index is 13.4. The molecule has 4 heteroatoms. The molecule has 0 aromatic heterocycles. The van der Waals surface area contributed by atoms with Gasteiger partial charge in [-0.3, -0.25) is 4.79 Å². The van der Waals surface area contributed by atoms with Gasteiger partial charge in [0.15, 0.2) is 0 Å². The fourth-order valence-electron chi connectivity index (χ4n) is 2.81. The average molecular weight is 304 g/mol. The molecular formula is C18H25FN2O. The Morgan fingerprint density at radius 2 is 2.09 bits per heavy atom. The molecule has 0 unspecified atom stereocenters. The smallest absolute Gasteiger partial charge is 0.244 e. The number of hydrogen-bond acceptors (Lipinski definition) is 2. The standard InChI is InChI=1S/C18H25FN2O/c1-2-11-21-12-9-15(10-13-21)14-20-18(22)8-7-16-5-3-4-6-17(16)19/h3-8,15H,2,9-14H2,1H3,(H,20,22)/b8-7+. The van der Waals surface area contributed by atoms with E-state index >= 15 is 0 Å². The summed E-state index contributed by atoms with van der Waals surface area (Å²) in [5, 5.41) is 2.92. The van der Waals surface area contributed by atoms with Crippen LogP contribution in [0.5, 0.6) is 0 Å². The number of hydrogen-bond donors (Lipinski definition) is 1. The highest BCUT2D eigenvalue weighted by Gasteiger charge is 2.18. The zero-order valence-corrected chi connectivity index (χ0v) is 13.2. The lowest BCUT2D eigenvalue weighted by atomic mass is 9.96. The molecule has 0 radical (unpaired) electrons. The third kappa shape index (κ3) is 5.26. The lowest BCUT2D eigenvalue weighted by Gasteiger charge is -2.31. The first-order valence-electron chi connectivity index (χ1n) is 8.12. The fraction of sp³-hybridized carbons (Fsp3) is 0.500. The minimum Gasteiger partial charge on any atom is -0.352 e. The van der Waals surface area contributed by atoms with Crippen LogP contribution in [0, 0.1) is 11.7 Å². The maximum Gasteiger partial charge on any atom is 0.244 e. The number of carbonyl (C=O) groups excluding carboxylic acids is 1. The number of benzene rings is 1. The predicted molar refractivity (Wildman–Crippen MR) is 87.9 cm³/mol. The van der Waals surface area contributed by atoms with Crippen molar-refractivity contribution in [1.82, 2.24) is 10.2 Å². The summed E-state index contributed by atoms with van der Waals surface area (Å²) in [6, 6.07) is 6.44. The van der Waals surface area contributed by atoms with Gasteiger partial charge in [-0.2, -0.15) is 0 Å². The molecule has 22 heavy (non-hydrogen) atoms. The Kier molecular flexibility index (Phi) is 6.59. The topological polar surface area (TPSA) is 32.3 Å². The quantitative estimate of drug-likeness (QED) is 0.819. The molecule has 120 valence electrons. The third-order valence-electron chi connectivity index (χ3n) is 4.13. The van der Waals surface area contributed by atoms with E-state index in [9.17, 15) is 9.18 Å². The summed E-state index contributed by atoms with van der Waals surface area (Å²) >= 11 is 0. The summed E-state index contributed by atoms with van der Waals surface area (Å²) in [6.07, 6.45) is 6.40. The molecule has 0 saturated carbocycles. The number of halogens is 1. The Bertz CT molecular complexity index is 508. The van der Waals surface area contributed by atoms with Crippen molar-refractivity contribution < 1.29 is 9.18 Å². The monoisotopic (exact) mass is 304 g/mol. The van der Waals surface area contributed by atoms with Crippen LogP contribution in [0.25, 0.3) is 6.08 Å². The summed E-state index contributed by atoms with van der Waals surface area (Å²) in [7, 11) is 0. The maximum atomic E-state index is 13.4. The molecule has 1 aromatic carbocycles. The van der Waals surface area contributed by atoms with E-state index in [4.69, 9.17) is 0 Å². The molecule has 0 aliphatic carbocycles. The highest BCUT2D eigenvalue weighted by Crippen LogP contribution is 2.16. The second-order valence-electron chi connectivity index (χ2n) is 5.89. The molecule has 1 amide bonds. The zero-order valence-electron chi connectivity index (χ0n) is 13.2. The van der Waals surface area contributed by atoms with Gasteiger partial charge < -0.3 is 10.2 Å². The van der Waals surface area contributed by atoms with Crippen molar-refractivity contribution in [2.24, 2.45) is 5.92 Å². The van der Waals surface area contributed by atoms with Crippen LogP contribution < -0.4 is 5.32 Å². The minimum absolute atomic E-state index is 0.153. The van der Waals surface area contributed by atoms with Crippen LogP contribution in [0.2, 0.25) is 0 Å². The molecule has 0 bridgehead atoms. The van der Waals surface area contributed by atoms with Crippen molar-refractivity contribution in [3.63, 3.8) is 0 Å². The Hall–Kier alpha value is -1.68. The summed E-state index contributed by atoms with van der Waals surface area (Å²) in [4.78, 5) is 14.3. The van der Waals surface area contributed by atoms with Gasteiger partial charge in [-0.15, -0.1) is 0 Å². The number of piperidine rings is 1. The van der Waals surface area contributed by atoms with Crippen LogP contribution in [0.4, 0.5) is 4.39 Å². The molecule has 1 fully saturated rings. The molecule has 1 aliphatic rings. The van der Waals surface area contributed by atoms with Gasteiger partial charge in [0.25, 0.3) is 0 Å². The van der Waals surface area contributed by atoms with E-state index in [-0.39, 0.29) is 11.7 Å². The molecule has 1 aromatic rings. The molecular weight excluding hydrogens is 279 g/mol. The first kappa shape index (κ1) is 16.7. The van der Waals surface area contributed by atoms with Crippen LogP contribution in [-0.2, 0) is 4.79 Å². The van der Waals surface area contributed by atoms with Gasteiger partial charge in [0.05, 0.1) is 0 Å². The van der Waals surface area contributed by atoms with E-state index in [1.165, 1.54) is 31.2 Å². The number of nitrogens with zero attached hydrogens (tertiary/aromatic N) is 1. The third-order valence-corrected chi connectivity index (χ3v) is 4.13. The second kappa shape index (κ2) is 8.69. The highest BCUT2D eigenvalue weighted by atomic mass is 19.1. The largest absolute Gasteiger partial charge is 0.352 e. The van der Waals surface area contributed by atoms with Gasteiger partial charge in [-0.25, -0.2) is 4.39 Å². The highest BCUT2D eigenvalue weighted by molar-refractivity contribution is 5.91. The first-order chi connectivity index (χ1) is 10.7. The van der Waals surface area contributed by atoms with Crippen LogP contribution in [0.3, 0.4) is 0 Å². The summed E-state index contributed by atoms with van der Waals surface area (Å²) < 4.78 is 13.4. The molecule has 1 saturated heterocycles. The van der Waals surface area contributed by atoms with Gasteiger partial charge >= 0.3 is 0 Å². The minimum atomic E-state index is -0.310. The van der Waals surface area contributed by atoms with E-state index in [0.717, 1.165) is 25.9 Å². The van der Waals surface area contributed by atoms with Gasteiger partial charge in [-0.05, 0) is 57.0 Å². The first-order valence-corrected chi connectivity index (χ1v) is 8.12. The molecule has 1 heterocycles. The summed E-state index contributed by atoms with van der Waals surface area (Å²) in [5.74, 6) is 0.0907. The summed E-state index contributed by atoms with van der Waals surface area (Å²) in [5.41, 5.74) is 0.436. The fourth-order valence-corrected chi connectivity index (χ4v) is 2.81. The number of likely N-dealkylation sites (tertiary alicyclic amines) is 1.